The van der Waals surface area contributed by atoms with Crippen LogP contribution in [0.15, 0.2) is 36.4 Å². The van der Waals surface area contributed by atoms with E-state index in [-0.39, 0.29) is 10.8 Å². The molecule has 4 heteroatoms. The van der Waals surface area contributed by atoms with Gasteiger partial charge < -0.3 is 9.05 Å². The Morgan fingerprint density at radius 1 is 0.692 bits per heavy atom. The lowest BCUT2D eigenvalue weighted by molar-refractivity contribution is 0.417. The summed E-state index contributed by atoms with van der Waals surface area (Å²) >= 11 is 0. The predicted octanol–water partition coefficient (Wildman–Crippen LogP) is 7.55. The van der Waals surface area contributed by atoms with Gasteiger partial charge in [0.05, 0.1) is 0 Å². The minimum absolute atomic E-state index is 0.142. The van der Waals surface area contributed by atoms with Gasteiger partial charge in [0.15, 0.2) is 0 Å². The van der Waals surface area contributed by atoms with Crippen LogP contribution in [0.5, 0.6) is 11.5 Å². The Balaban J connectivity index is 2.34. The van der Waals surface area contributed by atoms with Crippen molar-refractivity contribution in [1.82, 2.24) is 0 Å². The maximum atomic E-state index is 14.9. The summed E-state index contributed by atoms with van der Waals surface area (Å²) in [6, 6.07) is 11.8. The van der Waals surface area contributed by atoms with Crippen molar-refractivity contribution >= 4 is 8.69 Å². The Morgan fingerprint density at radius 3 is 1.35 bits per heavy atom. The van der Waals surface area contributed by atoms with Crippen LogP contribution in [0.25, 0.3) is 0 Å². The zero-order valence-electron chi connectivity index (χ0n) is 17.1. The molecule has 0 aliphatic carbocycles. The van der Waals surface area contributed by atoms with Gasteiger partial charge >= 0.3 is 8.69 Å². The highest BCUT2D eigenvalue weighted by atomic mass is 31.2. The van der Waals surface area contributed by atoms with Crippen molar-refractivity contribution in [3.8, 4) is 11.5 Å². The van der Waals surface area contributed by atoms with E-state index in [2.05, 4.69) is 41.5 Å². The molecule has 0 heterocycles. The fourth-order valence-electron chi connectivity index (χ4n) is 2.89. The number of halogens is 1. The second-order valence-electron chi connectivity index (χ2n) is 8.80. The molecule has 2 aromatic carbocycles. The normalized spacial score (nSPS) is 12.4. The van der Waals surface area contributed by atoms with Crippen molar-refractivity contribution in [2.45, 2.75) is 66.2 Å². The molecule has 0 spiro atoms. The summed E-state index contributed by atoms with van der Waals surface area (Å²) in [4.78, 5) is 0. The fraction of sp³-hybridized carbons (Fsp3) is 0.455. The Labute approximate surface area is 158 Å². The first-order valence-electron chi connectivity index (χ1n) is 8.93. The Hall–Kier alpha value is -1.60. The maximum Gasteiger partial charge on any atom is 0.505 e. The lowest BCUT2D eigenvalue weighted by Gasteiger charge is -2.26. The van der Waals surface area contributed by atoms with Crippen LogP contribution in [0.1, 0.15) is 63.8 Å². The number of aryl methyl sites for hydroxylation is 2. The van der Waals surface area contributed by atoms with Crippen molar-refractivity contribution in [1.29, 1.82) is 0 Å². The molecule has 0 radical (unpaired) electrons. The van der Waals surface area contributed by atoms with E-state index in [4.69, 9.17) is 9.05 Å². The van der Waals surface area contributed by atoms with E-state index in [0.717, 1.165) is 22.3 Å². The van der Waals surface area contributed by atoms with Crippen LogP contribution < -0.4 is 9.05 Å². The molecule has 2 aromatic rings. The summed E-state index contributed by atoms with van der Waals surface area (Å²) in [6.07, 6.45) is 0. The number of hydrogen-bond acceptors (Lipinski definition) is 2. The van der Waals surface area contributed by atoms with Gasteiger partial charge in [-0.3, -0.25) is 0 Å². The van der Waals surface area contributed by atoms with Crippen molar-refractivity contribution in [2.24, 2.45) is 0 Å². The van der Waals surface area contributed by atoms with Crippen LogP contribution in [-0.4, -0.2) is 0 Å². The number of para-hydroxylation sites is 2. The summed E-state index contributed by atoms with van der Waals surface area (Å²) in [5, 5.41) is 0. The molecule has 0 fully saturated rings. The van der Waals surface area contributed by atoms with E-state index >= 15 is 0 Å². The molecule has 2 nitrogen and oxygen atoms in total. The van der Waals surface area contributed by atoms with E-state index in [9.17, 15) is 4.20 Å². The zero-order chi connectivity index (χ0) is 19.7. The molecule has 142 valence electrons. The average molecular weight is 376 g/mol. The van der Waals surface area contributed by atoms with Crippen LogP contribution in [0.4, 0.5) is 4.20 Å². The molecule has 0 amide bonds. The summed E-state index contributed by atoms with van der Waals surface area (Å²) in [5.41, 5.74) is 3.49. The lowest BCUT2D eigenvalue weighted by Crippen LogP contribution is -2.14. The summed E-state index contributed by atoms with van der Waals surface area (Å²) < 4.78 is 26.3. The third kappa shape index (κ3) is 4.76. The van der Waals surface area contributed by atoms with Gasteiger partial charge in [-0.05, 0) is 35.8 Å². The summed E-state index contributed by atoms with van der Waals surface area (Å²) in [6.45, 7) is 16.4. The average Bonchev–Trinajstić information content (AvgIpc) is 2.49. The quantitative estimate of drug-likeness (QED) is 0.513. The topological polar surface area (TPSA) is 18.5 Å². The monoisotopic (exact) mass is 376 g/mol. The molecule has 0 aromatic heterocycles. The minimum Gasteiger partial charge on any atom is -0.414 e. The van der Waals surface area contributed by atoms with E-state index in [0.29, 0.717) is 11.5 Å². The standard InChI is InChI=1S/C22H30FO2P/c1-15-11-9-13-17(21(3,4)5)19(15)24-26(23)25-20-16(2)12-10-14-18(20)22(6,7)8/h9-14H,1-8H3. The molecule has 0 bridgehead atoms. The Bertz CT molecular complexity index is 707. The second kappa shape index (κ2) is 7.56. The Morgan fingerprint density at radius 2 is 1.04 bits per heavy atom. The highest BCUT2D eigenvalue weighted by molar-refractivity contribution is 7.42. The molecule has 0 saturated heterocycles. The maximum absolute atomic E-state index is 14.9. The summed E-state index contributed by atoms with van der Waals surface area (Å²) in [7, 11) is -2.59. The van der Waals surface area contributed by atoms with Gasteiger partial charge in [0.2, 0.25) is 0 Å². The van der Waals surface area contributed by atoms with E-state index in [1.165, 1.54) is 0 Å². The fourth-order valence-corrected chi connectivity index (χ4v) is 3.70. The Kier molecular flexibility index (Phi) is 6.02. The molecule has 0 unspecified atom stereocenters. The predicted molar refractivity (Wildman–Crippen MR) is 109 cm³/mol. The van der Waals surface area contributed by atoms with Gasteiger partial charge in [0, 0.05) is 11.1 Å². The van der Waals surface area contributed by atoms with E-state index in [1.54, 1.807) is 0 Å². The second-order valence-corrected chi connectivity index (χ2v) is 9.59. The zero-order valence-corrected chi connectivity index (χ0v) is 18.0. The molecule has 0 aliphatic heterocycles. The van der Waals surface area contributed by atoms with Gasteiger partial charge in [0.1, 0.15) is 11.5 Å². The molecule has 0 aliphatic rings. The van der Waals surface area contributed by atoms with E-state index in [1.807, 2.05) is 50.2 Å². The molecule has 26 heavy (non-hydrogen) atoms. The van der Waals surface area contributed by atoms with Crippen LogP contribution in [-0.2, 0) is 10.8 Å². The third-order valence-corrected chi connectivity index (χ3v) is 5.02. The number of rotatable bonds is 4. The van der Waals surface area contributed by atoms with Crippen molar-refractivity contribution in [3.05, 3.63) is 58.7 Å². The molecular formula is C22H30FO2P. The van der Waals surface area contributed by atoms with Crippen LogP contribution in [0.3, 0.4) is 0 Å². The largest absolute Gasteiger partial charge is 0.505 e. The van der Waals surface area contributed by atoms with Gasteiger partial charge in [-0.25, -0.2) is 0 Å². The van der Waals surface area contributed by atoms with Crippen LogP contribution in [0.2, 0.25) is 0 Å². The SMILES string of the molecule is Cc1cccc(C(C)(C)C)c1OP(F)Oc1c(C)cccc1C(C)(C)C. The van der Waals surface area contributed by atoms with Crippen molar-refractivity contribution < 1.29 is 13.2 Å². The number of hydrogen-bond donors (Lipinski definition) is 0. The van der Waals surface area contributed by atoms with Gasteiger partial charge in [0.25, 0.3) is 0 Å². The highest BCUT2D eigenvalue weighted by Crippen LogP contribution is 2.48. The van der Waals surface area contributed by atoms with Gasteiger partial charge in [-0.15, -0.1) is 4.20 Å². The van der Waals surface area contributed by atoms with Crippen molar-refractivity contribution in [2.75, 3.05) is 0 Å². The molecule has 0 N–H and O–H groups in total. The number of benzene rings is 2. The summed E-state index contributed by atoms with van der Waals surface area (Å²) in [5.74, 6) is 1.17. The molecule has 0 atom stereocenters. The van der Waals surface area contributed by atoms with E-state index < -0.39 is 8.69 Å². The first kappa shape index (κ1) is 20.7. The van der Waals surface area contributed by atoms with Crippen LogP contribution in [0, 0.1) is 13.8 Å². The molecular weight excluding hydrogens is 346 g/mol. The first-order chi connectivity index (χ1) is 11.9. The van der Waals surface area contributed by atoms with Gasteiger partial charge in [-0.1, -0.05) is 77.9 Å². The molecule has 0 saturated carbocycles. The molecule has 2 rings (SSSR count). The lowest BCUT2D eigenvalue weighted by atomic mass is 9.85. The smallest absolute Gasteiger partial charge is 0.414 e. The minimum atomic E-state index is -2.59. The van der Waals surface area contributed by atoms with Gasteiger partial charge in [-0.2, -0.15) is 0 Å². The van der Waals surface area contributed by atoms with Crippen LogP contribution >= 0.6 is 8.69 Å². The highest BCUT2D eigenvalue weighted by Gasteiger charge is 2.27. The first-order valence-corrected chi connectivity index (χ1v) is 10.00. The third-order valence-electron chi connectivity index (χ3n) is 4.37. The van der Waals surface area contributed by atoms with Crippen molar-refractivity contribution in [3.63, 3.8) is 0 Å².